The Morgan fingerprint density at radius 1 is 0.947 bits per heavy atom. The van der Waals surface area contributed by atoms with Gasteiger partial charge in [0, 0.05) is 0 Å². The smallest absolute Gasteiger partial charge is 0.129 e. The third-order valence-electron chi connectivity index (χ3n) is 2.68. The minimum absolute atomic E-state index is 0.304. The molecule has 0 spiro atoms. The molecule has 2 aromatic carbocycles. The molecule has 19 heavy (non-hydrogen) atoms. The topological polar surface area (TPSA) is 26.3 Å². The lowest BCUT2D eigenvalue weighted by Gasteiger charge is -2.11. The average molecular weight is 271 g/mol. The molecule has 0 aromatic heterocycles. The molecule has 0 amide bonds. The first-order valence-electron chi connectivity index (χ1n) is 6.17. The van der Waals surface area contributed by atoms with Crippen LogP contribution in [0, 0.1) is 0 Å². The molecule has 2 aromatic rings. The molecule has 0 aliphatic carbocycles. The fourth-order valence-electron chi connectivity index (χ4n) is 1.83. The number of rotatable bonds is 5. The highest BCUT2D eigenvalue weighted by molar-refractivity contribution is 7.42. The molecular weight excluding hydrogens is 255 g/mol. The molecule has 2 nitrogen and oxygen atoms in total. The van der Waals surface area contributed by atoms with Crippen molar-refractivity contribution < 1.29 is 9.09 Å². The highest BCUT2D eigenvalue weighted by Crippen LogP contribution is 2.37. The van der Waals surface area contributed by atoms with E-state index in [-0.39, 0.29) is 6.10 Å². The summed E-state index contributed by atoms with van der Waals surface area (Å²) >= 11 is 0. The lowest BCUT2D eigenvalue weighted by atomic mass is 10.0. The predicted octanol–water partition coefficient (Wildman–Crippen LogP) is 5.07. The Hall–Kier alpha value is -1.76. The Kier molecular flexibility index (Phi) is 5.02. The summed E-state index contributed by atoms with van der Waals surface area (Å²) in [5, 5.41) is 0. The van der Waals surface area contributed by atoms with Crippen molar-refractivity contribution in [3.8, 4) is 0 Å². The van der Waals surface area contributed by atoms with E-state index in [0.29, 0.717) is 0 Å². The second-order valence-corrected chi connectivity index (χ2v) is 5.15. The predicted molar refractivity (Wildman–Crippen MR) is 78.2 cm³/mol. The van der Waals surface area contributed by atoms with Gasteiger partial charge >= 0.3 is 8.03 Å². The number of allylic oxidation sites excluding steroid dienone is 1. The maximum absolute atomic E-state index is 11.8. The van der Waals surface area contributed by atoms with Gasteiger partial charge in [-0.3, -0.25) is 0 Å². The van der Waals surface area contributed by atoms with Crippen molar-refractivity contribution in [2.24, 2.45) is 0 Å². The van der Waals surface area contributed by atoms with Crippen molar-refractivity contribution >= 4 is 8.03 Å². The van der Waals surface area contributed by atoms with Crippen molar-refractivity contribution in [3.05, 3.63) is 83.7 Å². The van der Waals surface area contributed by atoms with E-state index in [1.165, 1.54) is 0 Å². The van der Waals surface area contributed by atoms with E-state index in [1.54, 1.807) is 11.9 Å². The van der Waals surface area contributed by atoms with Gasteiger partial charge in [-0.25, -0.2) is 0 Å². The normalized spacial score (nSPS) is 12.0. The van der Waals surface area contributed by atoms with E-state index in [4.69, 9.17) is 4.52 Å². The molecule has 0 saturated carbocycles. The van der Waals surface area contributed by atoms with Gasteiger partial charge < -0.3 is 0 Å². The van der Waals surface area contributed by atoms with Crippen LogP contribution < -0.4 is 0 Å². The van der Waals surface area contributed by atoms with Crippen molar-refractivity contribution in [1.82, 2.24) is 0 Å². The molecule has 0 radical (unpaired) electrons. The molecule has 0 bridgehead atoms. The third kappa shape index (κ3) is 3.85. The molecule has 0 aliphatic rings. The van der Waals surface area contributed by atoms with Gasteiger partial charge in [0.2, 0.25) is 0 Å². The summed E-state index contributed by atoms with van der Waals surface area (Å²) in [5.41, 5.74) is 2.00. The molecule has 2 rings (SSSR count). The van der Waals surface area contributed by atoms with Gasteiger partial charge in [0.15, 0.2) is 11.9 Å². The van der Waals surface area contributed by atoms with Crippen molar-refractivity contribution in [1.29, 1.82) is 0 Å². The maximum Gasteiger partial charge on any atom is 0.541 e. The van der Waals surface area contributed by atoms with Crippen molar-refractivity contribution in [2.45, 2.75) is 13.0 Å². The van der Waals surface area contributed by atoms with Gasteiger partial charge in [-0.15, -0.1) is 4.52 Å². The first-order chi connectivity index (χ1) is 9.31. The van der Waals surface area contributed by atoms with Crippen LogP contribution in [0.15, 0.2) is 72.6 Å². The highest BCUT2D eigenvalue weighted by Gasteiger charge is 2.25. The lowest BCUT2D eigenvalue weighted by molar-refractivity contribution is 0.265. The van der Waals surface area contributed by atoms with Crippen LogP contribution >= 0.6 is 8.03 Å². The van der Waals surface area contributed by atoms with Gasteiger partial charge in [-0.1, -0.05) is 60.7 Å². The second-order valence-electron chi connectivity index (χ2n) is 4.07. The fourth-order valence-corrected chi connectivity index (χ4v) is 2.60. The molecule has 1 unspecified atom stereocenters. The molecule has 1 atom stereocenters. The number of hydrogen-bond acceptors (Lipinski definition) is 2. The van der Waals surface area contributed by atoms with Crippen LogP contribution in [0.5, 0.6) is 0 Å². The number of benzene rings is 2. The summed E-state index contributed by atoms with van der Waals surface area (Å²) in [6, 6.07) is 19.7. The summed E-state index contributed by atoms with van der Waals surface area (Å²) in [4.78, 5) is 0. The van der Waals surface area contributed by atoms with Gasteiger partial charge in [0.05, 0.1) is 0 Å². The zero-order valence-corrected chi connectivity index (χ0v) is 11.7. The third-order valence-corrected chi connectivity index (χ3v) is 3.64. The van der Waals surface area contributed by atoms with Gasteiger partial charge in [-0.05, 0) is 28.7 Å². The lowest BCUT2D eigenvalue weighted by Crippen LogP contribution is -2.01. The molecule has 0 aliphatic heterocycles. The van der Waals surface area contributed by atoms with Crippen LogP contribution in [0.25, 0.3) is 0 Å². The Morgan fingerprint density at radius 2 is 1.42 bits per heavy atom. The molecule has 96 valence electrons. The minimum atomic E-state index is -1.80. The van der Waals surface area contributed by atoms with E-state index < -0.39 is 8.03 Å². The van der Waals surface area contributed by atoms with Gasteiger partial charge in [0.1, 0.15) is 0 Å². The van der Waals surface area contributed by atoms with Crippen LogP contribution in [-0.4, -0.2) is 0 Å². The first-order valence-corrected chi connectivity index (χ1v) is 7.42. The van der Waals surface area contributed by atoms with Crippen molar-refractivity contribution in [2.75, 3.05) is 0 Å². The first kappa shape index (κ1) is 13.7. The summed E-state index contributed by atoms with van der Waals surface area (Å²) in [5.74, 6) is 1.58. The van der Waals surface area contributed by atoms with Gasteiger partial charge in [-0.2, -0.15) is 0 Å². The van der Waals surface area contributed by atoms with Crippen LogP contribution in [0.3, 0.4) is 0 Å². The minimum Gasteiger partial charge on any atom is -0.129 e. The van der Waals surface area contributed by atoms with E-state index in [2.05, 4.69) is 0 Å². The van der Waals surface area contributed by atoms with E-state index in [1.807, 2.05) is 67.6 Å². The number of hydrogen-bond donors (Lipinski definition) is 0. The Labute approximate surface area is 114 Å². The molecular formula is C16H16O2P+. The molecule has 0 N–H and O–H groups in total. The Balaban J connectivity index is 2.32. The zero-order valence-electron chi connectivity index (χ0n) is 10.8. The molecule has 3 heteroatoms. The highest BCUT2D eigenvalue weighted by atomic mass is 31.1. The average Bonchev–Trinajstić information content (AvgIpc) is 2.47. The zero-order chi connectivity index (χ0) is 13.5. The molecule has 0 saturated heterocycles. The van der Waals surface area contributed by atoms with Crippen LogP contribution in [-0.2, 0) is 9.09 Å². The monoisotopic (exact) mass is 271 g/mol. The van der Waals surface area contributed by atoms with Gasteiger partial charge in [0.25, 0.3) is 0 Å². The Morgan fingerprint density at radius 3 is 1.84 bits per heavy atom. The largest absolute Gasteiger partial charge is 0.541 e. The van der Waals surface area contributed by atoms with Crippen LogP contribution in [0.2, 0.25) is 0 Å². The van der Waals surface area contributed by atoms with E-state index in [0.717, 1.165) is 11.1 Å². The van der Waals surface area contributed by atoms with E-state index >= 15 is 0 Å². The summed E-state index contributed by atoms with van der Waals surface area (Å²) in [7, 11) is -1.80. The second kappa shape index (κ2) is 6.98. The summed E-state index contributed by atoms with van der Waals surface area (Å²) in [6.45, 7) is 1.83. The molecule has 0 fully saturated rings. The van der Waals surface area contributed by atoms with E-state index in [9.17, 15) is 4.57 Å². The Bertz CT molecular complexity index is 510. The van der Waals surface area contributed by atoms with Crippen LogP contribution in [0.1, 0.15) is 24.2 Å². The molecule has 0 heterocycles. The van der Waals surface area contributed by atoms with Crippen molar-refractivity contribution in [3.63, 3.8) is 0 Å². The fraction of sp³-hybridized carbons (Fsp3) is 0.125. The standard InChI is InChI=1S/C16H16O2P/c1-2-13-19(17)18-16(14-9-5-3-6-10-14)15-11-7-4-8-12-15/h2-13,16H,1H3/q+1. The summed E-state index contributed by atoms with van der Waals surface area (Å²) in [6.07, 6.45) is 1.44. The SMILES string of the molecule is CC=C[P+](=O)OC(c1ccccc1)c1ccccc1. The quantitative estimate of drug-likeness (QED) is 0.710. The van der Waals surface area contributed by atoms with Crippen LogP contribution in [0.4, 0.5) is 0 Å². The maximum atomic E-state index is 11.8. The summed E-state index contributed by atoms with van der Waals surface area (Å²) < 4.78 is 17.5.